The van der Waals surface area contributed by atoms with Crippen molar-refractivity contribution in [2.45, 2.75) is 57.5 Å². The molecule has 2 nitrogen and oxygen atoms in total. The minimum absolute atomic E-state index is 0.350. The van der Waals surface area contributed by atoms with Crippen molar-refractivity contribution in [3.63, 3.8) is 0 Å². The van der Waals surface area contributed by atoms with E-state index >= 15 is 0 Å². The van der Waals surface area contributed by atoms with Crippen LogP contribution < -0.4 is 5.32 Å². The van der Waals surface area contributed by atoms with Gasteiger partial charge in [-0.25, -0.2) is 0 Å². The highest BCUT2D eigenvalue weighted by Crippen LogP contribution is 2.28. The molecule has 2 rings (SSSR count). The zero-order valence-corrected chi connectivity index (χ0v) is 11.1. The van der Waals surface area contributed by atoms with Crippen molar-refractivity contribution in [2.75, 3.05) is 19.6 Å². The molecule has 2 atom stereocenters. The van der Waals surface area contributed by atoms with Gasteiger partial charge in [0, 0.05) is 25.7 Å². The van der Waals surface area contributed by atoms with Crippen LogP contribution in [0.1, 0.15) is 45.4 Å². The van der Waals surface area contributed by atoms with E-state index in [4.69, 9.17) is 6.42 Å². The number of hydrogen-bond acceptors (Lipinski definition) is 2. The second-order valence-electron chi connectivity index (χ2n) is 5.54. The molecule has 2 heteroatoms. The van der Waals surface area contributed by atoms with E-state index in [0.717, 1.165) is 32.0 Å². The average Bonchev–Trinajstić information content (AvgIpc) is 2.42. The molecule has 2 unspecified atom stereocenters. The first kappa shape index (κ1) is 12.9. The van der Waals surface area contributed by atoms with Crippen molar-refractivity contribution in [1.82, 2.24) is 10.2 Å². The second-order valence-corrected chi connectivity index (χ2v) is 5.54. The number of piperazine rings is 1. The fourth-order valence-electron chi connectivity index (χ4n) is 3.42. The molecule has 0 aromatic rings. The van der Waals surface area contributed by atoms with Gasteiger partial charge >= 0.3 is 0 Å². The van der Waals surface area contributed by atoms with Gasteiger partial charge < -0.3 is 5.32 Å². The summed E-state index contributed by atoms with van der Waals surface area (Å²) in [6.45, 7) is 5.58. The van der Waals surface area contributed by atoms with Crippen molar-refractivity contribution in [1.29, 1.82) is 0 Å². The highest BCUT2D eigenvalue weighted by molar-refractivity contribution is 5.01. The molecule has 1 aliphatic carbocycles. The van der Waals surface area contributed by atoms with E-state index in [-0.39, 0.29) is 0 Å². The summed E-state index contributed by atoms with van der Waals surface area (Å²) >= 11 is 0. The average molecular weight is 234 g/mol. The van der Waals surface area contributed by atoms with Gasteiger partial charge in [-0.1, -0.05) is 32.1 Å². The molecule has 0 bridgehead atoms. The van der Waals surface area contributed by atoms with Gasteiger partial charge in [0.05, 0.1) is 6.04 Å². The predicted molar refractivity (Wildman–Crippen MR) is 72.9 cm³/mol. The van der Waals surface area contributed by atoms with Crippen LogP contribution in [0, 0.1) is 18.3 Å². The fraction of sp³-hybridized carbons (Fsp3) is 0.867. The van der Waals surface area contributed by atoms with Crippen molar-refractivity contribution in [3.8, 4) is 12.3 Å². The Kier molecular flexibility index (Phi) is 4.88. The molecule has 17 heavy (non-hydrogen) atoms. The Bertz CT molecular complexity index is 263. The predicted octanol–water partition coefficient (Wildman–Crippen LogP) is 2.25. The molecular weight excluding hydrogens is 208 g/mol. The maximum absolute atomic E-state index is 5.63. The first-order chi connectivity index (χ1) is 8.35. The minimum Gasteiger partial charge on any atom is -0.311 e. The van der Waals surface area contributed by atoms with E-state index in [0.29, 0.717) is 12.1 Å². The van der Waals surface area contributed by atoms with Gasteiger partial charge in [0.2, 0.25) is 0 Å². The first-order valence-corrected chi connectivity index (χ1v) is 7.28. The number of rotatable bonds is 3. The summed E-state index contributed by atoms with van der Waals surface area (Å²) in [5, 5.41) is 3.71. The van der Waals surface area contributed by atoms with Crippen LogP contribution >= 0.6 is 0 Å². The molecule has 0 amide bonds. The first-order valence-electron chi connectivity index (χ1n) is 7.28. The van der Waals surface area contributed by atoms with Crippen molar-refractivity contribution in [2.24, 2.45) is 5.92 Å². The molecular formula is C15H26N2. The lowest BCUT2D eigenvalue weighted by Crippen LogP contribution is -2.56. The maximum Gasteiger partial charge on any atom is 0.0710 e. The van der Waals surface area contributed by atoms with Crippen LogP contribution in [0.25, 0.3) is 0 Å². The Labute approximate surface area is 106 Å². The van der Waals surface area contributed by atoms with Gasteiger partial charge in [-0.05, 0) is 25.2 Å². The van der Waals surface area contributed by atoms with Gasteiger partial charge in [-0.2, -0.15) is 0 Å². The van der Waals surface area contributed by atoms with Crippen molar-refractivity contribution in [3.05, 3.63) is 0 Å². The molecule has 1 heterocycles. The molecule has 96 valence electrons. The Morgan fingerprint density at radius 3 is 2.76 bits per heavy atom. The second kappa shape index (κ2) is 6.42. The zero-order chi connectivity index (χ0) is 12.1. The smallest absolute Gasteiger partial charge is 0.0710 e. The third-order valence-electron chi connectivity index (χ3n) is 4.48. The molecule has 1 saturated carbocycles. The lowest BCUT2D eigenvalue weighted by atomic mass is 9.83. The largest absolute Gasteiger partial charge is 0.311 e. The van der Waals surface area contributed by atoms with Crippen LogP contribution in [0.2, 0.25) is 0 Å². The molecule has 0 spiro atoms. The molecule has 2 aliphatic rings. The Hall–Kier alpha value is -0.520. The lowest BCUT2D eigenvalue weighted by molar-refractivity contribution is 0.126. The van der Waals surface area contributed by atoms with E-state index in [9.17, 15) is 0 Å². The third kappa shape index (κ3) is 3.24. The van der Waals surface area contributed by atoms with Crippen LogP contribution in [0.3, 0.4) is 0 Å². The van der Waals surface area contributed by atoms with Gasteiger partial charge in [0.1, 0.15) is 0 Å². The molecule has 1 saturated heterocycles. The summed E-state index contributed by atoms with van der Waals surface area (Å²) in [7, 11) is 0. The van der Waals surface area contributed by atoms with Gasteiger partial charge in [-0.3, -0.25) is 4.90 Å². The Morgan fingerprint density at radius 2 is 2.12 bits per heavy atom. The summed E-state index contributed by atoms with van der Waals surface area (Å²) in [5.41, 5.74) is 0. The molecule has 0 aromatic heterocycles. The van der Waals surface area contributed by atoms with Gasteiger partial charge in [-0.15, -0.1) is 6.42 Å². The van der Waals surface area contributed by atoms with Crippen molar-refractivity contribution >= 4 is 0 Å². The Balaban J connectivity index is 1.89. The van der Waals surface area contributed by atoms with Crippen LogP contribution in [0.15, 0.2) is 0 Å². The topological polar surface area (TPSA) is 15.3 Å². The van der Waals surface area contributed by atoms with Crippen LogP contribution in [0.5, 0.6) is 0 Å². The van der Waals surface area contributed by atoms with Gasteiger partial charge in [0.15, 0.2) is 0 Å². The summed E-state index contributed by atoms with van der Waals surface area (Å²) in [4.78, 5) is 2.51. The van der Waals surface area contributed by atoms with Gasteiger partial charge in [0.25, 0.3) is 0 Å². The minimum atomic E-state index is 0.350. The molecule has 0 aromatic carbocycles. The molecule has 1 aliphatic heterocycles. The molecule has 0 radical (unpaired) electrons. The standard InChI is InChI=1S/C15H26N2/c1-3-14(4-2)17-11-10-16-15(12-17)13-8-6-5-7-9-13/h1,13-16H,4-12H2,2H3. The Morgan fingerprint density at radius 1 is 1.35 bits per heavy atom. The highest BCUT2D eigenvalue weighted by Gasteiger charge is 2.29. The third-order valence-corrected chi connectivity index (χ3v) is 4.48. The molecule has 1 N–H and O–H groups in total. The van der Waals surface area contributed by atoms with E-state index in [1.165, 1.54) is 32.1 Å². The summed E-state index contributed by atoms with van der Waals surface area (Å²) < 4.78 is 0. The normalized spacial score (nSPS) is 29.8. The summed E-state index contributed by atoms with van der Waals surface area (Å²) in [6.07, 6.45) is 13.8. The highest BCUT2D eigenvalue weighted by atomic mass is 15.2. The SMILES string of the molecule is C#CC(CC)N1CCNC(C2CCCCC2)C1. The molecule has 2 fully saturated rings. The summed E-state index contributed by atoms with van der Waals surface area (Å²) in [6, 6.07) is 1.04. The fourth-order valence-corrected chi connectivity index (χ4v) is 3.42. The van der Waals surface area contributed by atoms with Crippen LogP contribution in [-0.2, 0) is 0 Å². The monoisotopic (exact) mass is 234 g/mol. The maximum atomic E-state index is 5.63. The number of terminal acetylenes is 1. The van der Waals surface area contributed by atoms with Crippen LogP contribution in [-0.4, -0.2) is 36.6 Å². The van der Waals surface area contributed by atoms with E-state index in [1.807, 2.05) is 0 Å². The summed E-state index contributed by atoms with van der Waals surface area (Å²) in [5.74, 6) is 3.83. The van der Waals surface area contributed by atoms with Crippen LogP contribution in [0.4, 0.5) is 0 Å². The zero-order valence-electron chi connectivity index (χ0n) is 11.1. The number of nitrogens with one attached hydrogen (secondary N) is 1. The lowest BCUT2D eigenvalue weighted by Gasteiger charge is -2.41. The van der Waals surface area contributed by atoms with E-state index in [2.05, 4.69) is 23.1 Å². The van der Waals surface area contributed by atoms with Crippen molar-refractivity contribution < 1.29 is 0 Å². The van der Waals surface area contributed by atoms with E-state index < -0.39 is 0 Å². The number of hydrogen-bond donors (Lipinski definition) is 1. The van der Waals surface area contributed by atoms with E-state index in [1.54, 1.807) is 0 Å². The quantitative estimate of drug-likeness (QED) is 0.754. The number of nitrogens with zero attached hydrogens (tertiary/aromatic N) is 1.